The van der Waals surface area contributed by atoms with Crippen LogP contribution in [-0.4, -0.2) is 12.6 Å². The number of likely N-dealkylation sites (N-methyl/N-ethyl adjacent to an activating group) is 1. The van der Waals surface area contributed by atoms with Crippen LogP contribution in [0.3, 0.4) is 0 Å². The summed E-state index contributed by atoms with van der Waals surface area (Å²) in [6.45, 7) is 5.79. The largest absolute Gasteiger partial charge is 0.313 e. The fraction of sp³-hybridized carbons (Fsp3) is 0.667. The summed E-state index contributed by atoms with van der Waals surface area (Å²) in [6.07, 6.45) is 7.02. The van der Waals surface area contributed by atoms with Gasteiger partial charge in [-0.1, -0.05) is 51.0 Å². The van der Waals surface area contributed by atoms with Crippen LogP contribution >= 0.6 is 0 Å². The van der Waals surface area contributed by atoms with E-state index in [9.17, 15) is 0 Å². The first kappa shape index (κ1) is 13.2. The van der Waals surface area contributed by atoms with Gasteiger partial charge in [0.05, 0.1) is 0 Å². The third kappa shape index (κ3) is 2.58. The molecule has 2 aliphatic rings. The third-order valence-electron chi connectivity index (χ3n) is 5.25. The topological polar surface area (TPSA) is 12.0 Å². The molecule has 0 saturated heterocycles. The number of fused-ring (bicyclic) bond motifs is 1. The molecule has 104 valence electrons. The van der Waals surface area contributed by atoms with E-state index in [4.69, 9.17) is 0 Å². The molecule has 0 heterocycles. The van der Waals surface area contributed by atoms with E-state index in [1.54, 1.807) is 11.1 Å². The molecule has 4 atom stereocenters. The van der Waals surface area contributed by atoms with E-state index in [2.05, 4.69) is 43.4 Å². The normalized spacial score (nSPS) is 31.4. The summed E-state index contributed by atoms with van der Waals surface area (Å²) >= 11 is 0. The lowest BCUT2D eigenvalue weighted by Gasteiger charge is -2.43. The summed E-state index contributed by atoms with van der Waals surface area (Å²) in [6, 6.07) is 9.75. The van der Waals surface area contributed by atoms with Crippen molar-refractivity contribution in [2.45, 2.75) is 57.9 Å². The van der Waals surface area contributed by atoms with E-state index in [0.717, 1.165) is 24.3 Å². The lowest BCUT2D eigenvalue weighted by atomic mass is 9.66. The predicted octanol–water partition coefficient (Wildman–Crippen LogP) is 4.13. The van der Waals surface area contributed by atoms with Crippen molar-refractivity contribution in [1.29, 1.82) is 0 Å². The summed E-state index contributed by atoms with van der Waals surface area (Å²) in [7, 11) is 0. The molecule has 1 fully saturated rings. The number of rotatable bonds is 4. The molecule has 0 bridgehead atoms. The van der Waals surface area contributed by atoms with Crippen molar-refractivity contribution < 1.29 is 0 Å². The Labute approximate surface area is 117 Å². The molecule has 0 aliphatic heterocycles. The molecule has 0 radical (unpaired) electrons. The van der Waals surface area contributed by atoms with Gasteiger partial charge in [0.25, 0.3) is 0 Å². The van der Waals surface area contributed by atoms with Crippen LogP contribution in [0.25, 0.3) is 0 Å². The fourth-order valence-corrected chi connectivity index (χ4v) is 4.30. The fourth-order valence-electron chi connectivity index (χ4n) is 4.30. The average molecular weight is 257 g/mol. The van der Waals surface area contributed by atoms with Crippen LogP contribution in [-0.2, 0) is 6.42 Å². The second-order valence-electron chi connectivity index (χ2n) is 6.62. The van der Waals surface area contributed by atoms with Gasteiger partial charge >= 0.3 is 0 Å². The summed E-state index contributed by atoms with van der Waals surface area (Å²) in [5.74, 6) is 2.59. The van der Waals surface area contributed by atoms with E-state index >= 15 is 0 Å². The Morgan fingerprint density at radius 1 is 1.26 bits per heavy atom. The molecule has 1 heteroatoms. The van der Waals surface area contributed by atoms with Gasteiger partial charge in [-0.25, -0.2) is 0 Å². The molecular weight excluding hydrogens is 230 g/mol. The van der Waals surface area contributed by atoms with Crippen LogP contribution in [0, 0.1) is 11.8 Å². The molecule has 1 nitrogen and oxygen atoms in total. The highest BCUT2D eigenvalue weighted by Gasteiger charge is 2.37. The minimum absolute atomic E-state index is 0.711. The Morgan fingerprint density at radius 3 is 2.84 bits per heavy atom. The van der Waals surface area contributed by atoms with Crippen molar-refractivity contribution in [2.75, 3.05) is 6.54 Å². The summed E-state index contributed by atoms with van der Waals surface area (Å²) < 4.78 is 0. The SMILES string of the molecule is CCNC(C1CCCC(C)C1)C1Cc2ccccc21. The van der Waals surface area contributed by atoms with E-state index < -0.39 is 0 Å². The van der Waals surface area contributed by atoms with Gasteiger partial charge in [0.15, 0.2) is 0 Å². The van der Waals surface area contributed by atoms with E-state index in [0.29, 0.717) is 6.04 Å². The van der Waals surface area contributed by atoms with E-state index in [-0.39, 0.29) is 0 Å². The zero-order chi connectivity index (χ0) is 13.2. The molecule has 0 amide bonds. The predicted molar refractivity (Wildman–Crippen MR) is 81.5 cm³/mol. The first-order valence-corrected chi connectivity index (χ1v) is 8.10. The zero-order valence-electron chi connectivity index (χ0n) is 12.4. The molecule has 1 aromatic carbocycles. The Hall–Kier alpha value is -0.820. The first-order chi connectivity index (χ1) is 9.29. The van der Waals surface area contributed by atoms with Crippen LogP contribution in [0.4, 0.5) is 0 Å². The molecule has 4 unspecified atom stereocenters. The zero-order valence-corrected chi connectivity index (χ0v) is 12.4. The number of hydrogen-bond donors (Lipinski definition) is 1. The molecule has 0 aromatic heterocycles. The van der Waals surface area contributed by atoms with Crippen LogP contribution < -0.4 is 5.32 Å². The van der Waals surface area contributed by atoms with Crippen LogP contribution in [0.2, 0.25) is 0 Å². The maximum atomic E-state index is 3.82. The maximum absolute atomic E-state index is 3.82. The quantitative estimate of drug-likeness (QED) is 0.855. The van der Waals surface area contributed by atoms with Gasteiger partial charge in [0, 0.05) is 12.0 Å². The highest BCUT2D eigenvalue weighted by molar-refractivity contribution is 5.41. The molecule has 19 heavy (non-hydrogen) atoms. The molecular formula is C18H27N. The highest BCUT2D eigenvalue weighted by atomic mass is 14.9. The maximum Gasteiger partial charge on any atom is 0.0167 e. The van der Waals surface area contributed by atoms with Crippen LogP contribution in [0.5, 0.6) is 0 Å². The van der Waals surface area contributed by atoms with Gasteiger partial charge in [0.1, 0.15) is 0 Å². The lowest BCUT2D eigenvalue weighted by Crippen LogP contribution is -2.46. The Morgan fingerprint density at radius 2 is 2.11 bits per heavy atom. The molecule has 2 aliphatic carbocycles. The Kier molecular flexibility index (Phi) is 3.93. The van der Waals surface area contributed by atoms with E-state index in [1.165, 1.54) is 32.1 Å². The summed E-state index contributed by atoms with van der Waals surface area (Å²) in [5.41, 5.74) is 3.20. The Bertz CT molecular complexity index is 425. The molecule has 1 N–H and O–H groups in total. The van der Waals surface area contributed by atoms with Crippen LogP contribution in [0.15, 0.2) is 24.3 Å². The summed E-state index contributed by atoms with van der Waals surface area (Å²) in [4.78, 5) is 0. The van der Waals surface area contributed by atoms with Gasteiger partial charge < -0.3 is 5.32 Å². The molecule has 1 saturated carbocycles. The molecule has 1 aromatic rings. The average Bonchev–Trinajstić information content (AvgIpc) is 2.39. The van der Waals surface area contributed by atoms with E-state index in [1.807, 2.05) is 0 Å². The van der Waals surface area contributed by atoms with Crippen molar-refractivity contribution >= 4 is 0 Å². The first-order valence-electron chi connectivity index (χ1n) is 8.10. The second kappa shape index (κ2) is 5.66. The standard InChI is InChI=1S/C18H27N/c1-3-19-18(15-9-6-7-13(2)11-15)17-12-14-8-4-5-10-16(14)17/h4-5,8,10,13,15,17-19H,3,6-7,9,11-12H2,1-2H3. The minimum Gasteiger partial charge on any atom is -0.313 e. The molecule has 3 rings (SSSR count). The smallest absolute Gasteiger partial charge is 0.0167 e. The minimum atomic E-state index is 0.711. The summed E-state index contributed by atoms with van der Waals surface area (Å²) in [5, 5.41) is 3.82. The van der Waals surface area contributed by atoms with Gasteiger partial charge in [-0.3, -0.25) is 0 Å². The van der Waals surface area contributed by atoms with Gasteiger partial charge in [-0.05, 0) is 48.8 Å². The number of nitrogens with one attached hydrogen (secondary N) is 1. The van der Waals surface area contributed by atoms with Crippen molar-refractivity contribution in [3.05, 3.63) is 35.4 Å². The van der Waals surface area contributed by atoms with Crippen molar-refractivity contribution in [3.63, 3.8) is 0 Å². The number of benzene rings is 1. The number of hydrogen-bond acceptors (Lipinski definition) is 1. The van der Waals surface area contributed by atoms with Gasteiger partial charge in [-0.2, -0.15) is 0 Å². The monoisotopic (exact) mass is 257 g/mol. The third-order valence-corrected chi connectivity index (χ3v) is 5.25. The molecule has 0 spiro atoms. The van der Waals surface area contributed by atoms with Crippen molar-refractivity contribution in [3.8, 4) is 0 Å². The Balaban J connectivity index is 1.75. The van der Waals surface area contributed by atoms with Gasteiger partial charge in [0.2, 0.25) is 0 Å². The van der Waals surface area contributed by atoms with Crippen molar-refractivity contribution in [1.82, 2.24) is 5.32 Å². The second-order valence-corrected chi connectivity index (χ2v) is 6.62. The van der Waals surface area contributed by atoms with Gasteiger partial charge in [-0.15, -0.1) is 0 Å². The lowest BCUT2D eigenvalue weighted by molar-refractivity contribution is 0.195. The van der Waals surface area contributed by atoms with Crippen molar-refractivity contribution in [2.24, 2.45) is 11.8 Å². The highest BCUT2D eigenvalue weighted by Crippen LogP contribution is 2.43. The van der Waals surface area contributed by atoms with Crippen LogP contribution in [0.1, 0.15) is 56.6 Å².